The molecule has 1 atom stereocenters. The van der Waals surface area contributed by atoms with Crippen molar-refractivity contribution in [2.75, 3.05) is 5.73 Å². The first-order chi connectivity index (χ1) is 11.1. The number of amides is 1. The Kier molecular flexibility index (Phi) is 4.01. The van der Waals surface area contributed by atoms with Gasteiger partial charge in [-0.15, -0.1) is 0 Å². The summed E-state index contributed by atoms with van der Waals surface area (Å²) >= 11 is 0. The number of nitrogens with zero attached hydrogens (tertiary/aromatic N) is 4. The van der Waals surface area contributed by atoms with Crippen LogP contribution in [0.2, 0.25) is 0 Å². The molecule has 0 saturated heterocycles. The highest BCUT2D eigenvalue weighted by atomic mass is 16.2. The maximum absolute atomic E-state index is 12.3. The van der Waals surface area contributed by atoms with Crippen LogP contribution in [0, 0.1) is 0 Å². The Morgan fingerprint density at radius 1 is 1.22 bits per heavy atom. The fourth-order valence-electron chi connectivity index (χ4n) is 2.23. The van der Waals surface area contributed by atoms with Crippen molar-refractivity contribution in [3.05, 3.63) is 66.4 Å². The fraction of sp³-hybridized carbons (Fsp3) is 0.125. The Labute approximate surface area is 133 Å². The van der Waals surface area contributed by atoms with Crippen LogP contribution in [-0.4, -0.2) is 25.7 Å². The number of hydrogen-bond acceptors (Lipinski definition) is 5. The summed E-state index contributed by atoms with van der Waals surface area (Å²) in [6.45, 7) is 1.90. The summed E-state index contributed by atoms with van der Waals surface area (Å²) in [4.78, 5) is 20.1. The van der Waals surface area contributed by atoms with Crippen molar-refractivity contribution in [1.82, 2.24) is 25.1 Å². The van der Waals surface area contributed by atoms with E-state index in [0.717, 1.165) is 11.3 Å². The number of aromatic nitrogens is 4. The molecule has 1 amide bonds. The Hall–Kier alpha value is -3.22. The molecule has 23 heavy (non-hydrogen) atoms. The molecule has 0 bridgehead atoms. The van der Waals surface area contributed by atoms with E-state index in [1.54, 1.807) is 10.9 Å². The largest absolute Gasteiger partial charge is 0.382 e. The van der Waals surface area contributed by atoms with Gasteiger partial charge in [0.1, 0.15) is 0 Å². The van der Waals surface area contributed by atoms with E-state index < -0.39 is 0 Å². The minimum atomic E-state index is -0.354. The van der Waals surface area contributed by atoms with Gasteiger partial charge in [0.2, 0.25) is 0 Å². The lowest BCUT2D eigenvalue weighted by Gasteiger charge is -2.15. The molecule has 3 rings (SSSR count). The van der Waals surface area contributed by atoms with E-state index in [1.165, 1.54) is 12.4 Å². The molecule has 2 heterocycles. The van der Waals surface area contributed by atoms with E-state index in [1.807, 2.05) is 43.5 Å². The van der Waals surface area contributed by atoms with Crippen molar-refractivity contribution in [1.29, 1.82) is 0 Å². The number of benzene rings is 1. The lowest BCUT2D eigenvalue weighted by Crippen LogP contribution is -2.28. The molecule has 7 heteroatoms. The van der Waals surface area contributed by atoms with Gasteiger partial charge in [-0.3, -0.25) is 4.79 Å². The predicted octanol–water partition coefficient (Wildman–Crippen LogP) is 1.74. The highest BCUT2D eigenvalue weighted by Crippen LogP contribution is 2.17. The van der Waals surface area contributed by atoms with Crippen molar-refractivity contribution in [3.8, 4) is 5.69 Å². The van der Waals surface area contributed by atoms with Crippen molar-refractivity contribution in [3.63, 3.8) is 0 Å². The first-order valence-electron chi connectivity index (χ1n) is 7.12. The number of carbonyl (C=O) groups is 1. The summed E-state index contributed by atoms with van der Waals surface area (Å²) in [6.07, 6.45) is 6.47. The number of anilines is 1. The normalized spacial score (nSPS) is 11.9. The van der Waals surface area contributed by atoms with Crippen LogP contribution >= 0.6 is 0 Å². The van der Waals surface area contributed by atoms with Gasteiger partial charge >= 0.3 is 0 Å². The first kappa shape index (κ1) is 14.7. The second-order valence-electron chi connectivity index (χ2n) is 5.03. The van der Waals surface area contributed by atoms with E-state index in [-0.39, 0.29) is 23.5 Å². The Balaban J connectivity index is 1.79. The summed E-state index contributed by atoms with van der Waals surface area (Å²) in [7, 11) is 0. The molecular weight excluding hydrogens is 292 g/mol. The van der Waals surface area contributed by atoms with Gasteiger partial charge in [-0.05, 0) is 30.7 Å². The minimum Gasteiger partial charge on any atom is -0.382 e. The molecule has 0 radical (unpaired) electrons. The number of nitrogens with two attached hydrogens (primary N) is 1. The molecule has 3 aromatic rings. The van der Waals surface area contributed by atoms with E-state index >= 15 is 0 Å². The Morgan fingerprint density at radius 2 is 2.04 bits per heavy atom. The smallest absolute Gasteiger partial charge is 0.274 e. The second kappa shape index (κ2) is 6.27. The minimum absolute atomic E-state index is 0.113. The highest BCUT2D eigenvalue weighted by molar-refractivity contribution is 5.96. The maximum Gasteiger partial charge on any atom is 0.274 e. The van der Waals surface area contributed by atoms with Gasteiger partial charge in [0.15, 0.2) is 11.5 Å². The molecular formula is C16H16N6O. The Bertz CT molecular complexity index is 815. The van der Waals surface area contributed by atoms with E-state index in [9.17, 15) is 4.79 Å². The molecule has 116 valence electrons. The quantitative estimate of drug-likeness (QED) is 0.765. The van der Waals surface area contributed by atoms with E-state index in [0.29, 0.717) is 0 Å². The van der Waals surface area contributed by atoms with Gasteiger partial charge < -0.3 is 11.1 Å². The zero-order chi connectivity index (χ0) is 16.2. The first-order valence-corrected chi connectivity index (χ1v) is 7.12. The highest BCUT2D eigenvalue weighted by Gasteiger charge is 2.16. The number of hydrogen-bond donors (Lipinski definition) is 2. The predicted molar refractivity (Wildman–Crippen MR) is 85.9 cm³/mol. The standard InChI is InChI=1S/C16H16N6O/c1-11(21-16(23)14-15(17)19-8-7-18-14)12-4-2-5-13(10-12)22-9-3-6-20-22/h2-11H,1H3,(H2,17,19)(H,21,23). The van der Waals surface area contributed by atoms with Crippen molar-refractivity contribution >= 4 is 11.7 Å². The summed E-state index contributed by atoms with van der Waals surface area (Å²) in [5.41, 5.74) is 7.68. The molecule has 0 fully saturated rings. The summed E-state index contributed by atoms with van der Waals surface area (Å²) in [6, 6.07) is 9.43. The van der Waals surface area contributed by atoms with Crippen LogP contribution in [0.4, 0.5) is 5.82 Å². The molecule has 0 aliphatic carbocycles. The molecule has 2 aromatic heterocycles. The van der Waals surface area contributed by atoms with E-state index in [4.69, 9.17) is 5.73 Å². The van der Waals surface area contributed by atoms with Gasteiger partial charge in [0, 0.05) is 24.8 Å². The Morgan fingerprint density at radius 3 is 2.78 bits per heavy atom. The second-order valence-corrected chi connectivity index (χ2v) is 5.03. The third-order valence-electron chi connectivity index (χ3n) is 3.43. The van der Waals surface area contributed by atoms with Gasteiger partial charge in [0.05, 0.1) is 11.7 Å². The number of carbonyl (C=O) groups excluding carboxylic acids is 1. The zero-order valence-corrected chi connectivity index (χ0v) is 12.5. The van der Waals surface area contributed by atoms with Crippen LogP contribution in [0.3, 0.4) is 0 Å². The SMILES string of the molecule is CC(NC(=O)c1nccnc1N)c1cccc(-n2cccn2)c1. The third-order valence-corrected chi connectivity index (χ3v) is 3.43. The average molecular weight is 308 g/mol. The molecule has 0 saturated carbocycles. The number of rotatable bonds is 4. The van der Waals surface area contributed by atoms with Gasteiger partial charge in [-0.25, -0.2) is 14.6 Å². The van der Waals surface area contributed by atoms with Crippen LogP contribution in [0.25, 0.3) is 5.69 Å². The monoisotopic (exact) mass is 308 g/mol. The average Bonchev–Trinajstić information content (AvgIpc) is 3.10. The van der Waals surface area contributed by atoms with Crippen LogP contribution in [0.1, 0.15) is 29.0 Å². The van der Waals surface area contributed by atoms with Gasteiger partial charge in [-0.1, -0.05) is 12.1 Å². The molecule has 0 spiro atoms. The number of nitrogens with one attached hydrogen (secondary N) is 1. The van der Waals surface area contributed by atoms with Gasteiger partial charge in [-0.2, -0.15) is 5.10 Å². The van der Waals surface area contributed by atoms with Crippen LogP contribution in [0.15, 0.2) is 55.1 Å². The lowest BCUT2D eigenvalue weighted by molar-refractivity contribution is 0.0935. The molecule has 0 aliphatic rings. The zero-order valence-electron chi connectivity index (χ0n) is 12.5. The summed E-state index contributed by atoms with van der Waals surface area (Å²) in [5, 5.41) is 7.08. The summed E-state index contributed by atoms with van der Waals surface area (Å²) in [5.74, 6) is -0.241. The molecule has 1 aromatic carbocycles. The lowest BCUT2D eigenvalue weighted by atomic mass is 10.1. The number of nitrogen functional groups attached to an aromatic ring is 1. The van der Waals surface area contributed by atoms with Gasteiger partial charge in [0.25, 0.3) is 5.91 Å². The fourth-order valence-corrected chi connectivity index (χ4v) is 2.23. The summed E-state index contributed by atoms with van der Waals surface area (Å²) < 4.78 is 1.76. The molecule has 3 N–H and O–H groups in total. The van der Waals surface area contributed by atoms with Crippen molar-refractivity contribution < 1.29 is 4.79 Å². The molecule has 0 aliphatic heterocycles. The maximum atomic E-state index is 12.3. The van der Waals surface area contributed by atoms with Crippen LogP contribution in [0.5, 0.6) is 0 Å². The molecule has 1 unspecified atom stereocenters. The topological polar surface area (TPSA) is 98.7 Å². The molecule has 7 nitrogen and oxygen atoms in total. The van der Waals surface area contributed by atoms with E-state index in [2.05, 4.69) is 20.4 Å². The van der Waals surface area contributed by atoms with Crippen LogP contribution < -0.4 is 11.1 Å². The van der Waals surface area contributed by atoms with Crippen molar-refractivity contribution in [2.24, 2.45) is 0 Å². The van der Waals surface area contributed by atoms with Crippen LogP contribution in [-0.2, 0) is 0 Å². The third kappa shape index (κ3) is 3.18. The van der Waals surface area contributed by atoms with Crippen molar-refractivity contribution in [2.45, 2.75) is 13.0 Å².